The molecule has 16 heavy (non-hydrogen) atoms. The van der Waals surface area contributed by atoms with E-state index in [-0.39, 0.29) is 5.56 Å². The van der Waals surface area contributed by atoms with Crippen molar-refractivity contribution >= 4 is 32.8 Å². The van der Waals surface area contributed by atoms with Crippen molar-refractivity contribution in [1.29, 1.82) is 0 Å². The van der Waals surface area contributed by atoms with Crippen LogP contribution in [0.4, 0.5) is 0 Å². The third kappa shape index (κ3) is 1.86. The molecule has 2 rings (SSSR count). The lowest BCUT2D eigenvalue weighted by atomic mass is 10.2. The van der Waals surface area contributed by atoms with E-state index in [0.29, 0.717) is 11.0 Å². The maximum Gasteiger partial charge on any atom is 0.349 e. The van der Waals surface area contributed by atoms with Gasteiger partial charge in [0.05, 0.1) is 0 Å². The molecule has 0 aliphatic carbocycles. The molecular weight excluding hydrogens is 274 g/mol. The third-order valence-corrected chi connectivity index (χ3v) is 2.66. The second-order valence-corrected chi connectivity index (χ2v) is 4.12. The molecule has 0 bridgehead atoms. The van der Waals surface area contributed by atoms with Crippen molar-refractivity contribution in [3.63, 3.8) is 0 Å². The van der Waals surface area contributed by atoms with Crippen LogP contribution < -0.4 is 10.9 Å². The van der Waals surface area contributed by atoms with Gasteiger partial charge in [0.2, 0.25) is 0 Å². The minimum absolute atomic E-state index is 0.00750. The lowest BCUT2D eigenvalue weighted by Gasteiger charge is -2.01. The van der Waals surface area contributed by atoms with Gasteiger partial charge in [-0.25, -0.2) is 4.79 Å². The molecule has 0 aliphatic heterocycles. The topological polar surface area (TPSA) is 59.3 Å². The molecule has 82 valence electrons. The number of nitrogens with one attached hydrogen (secondary N) is 1. The van der Waals surface area contributed by atoms with Crippen molar-refractivity contribution in [3.8, 4) is 0 Å². The molecule has 1 heterocycles. The zero-order valence-electron chi connectivity index (χ0n) is 8.41. The van der Waals surface area contributed by atoms with Gasteiger partial charge >= 0.3 is 5.63 Å². The predicted molar refractivity (Wildman–Crippen MR) is 63.6 cm³/mol. The fourth-order valence-electron chi connectivity index (χ4n) is 1.39. The van der Waals surface area contributed by atoms with Crippen molar-refractivity contribution in [3.05, 3.63) is 44.7 Å². The molecule has 5 heteroatoms. The average molecular weight is 282 g/mol. The Labute approximate surface area is 99.4 Å². The maximum atomic E-state index is 11.5. The molecule has 0 unspecified atom stereocenters. The molecule has 4 nitrogen and oxygen atoms in total. The fourth-order valence-corrected chi connectivity index (χ4v) is 1.77. The lowest BCUT2D eigenvalue weighted by molar-refractivity contribution is 0.0959. The molecule has 0 atom stereocenters. The molecular formula is C11H8BrNO3. The summed E-state index contributed by atoms with van der Waals surface area (Å²) in [5.74, 6) is -0.448. The number of fused-ring (bicyclic) bond motifs is 1. The van der Waals surface area contributed by atoms with Gasteiger partial charge < -0.3 is 9.73 Å². The Hall–Kier alpha value is -1.62. The van der Waals surface area contributed by atoms with Gasteiger partial charge in [-0.2, -0.15) is 0 Å². The summed E-state index contributed by atoms with van der Waals surface area (Å²) < 4.78 is 5.89. The zero-order valence-corrected chi connectivity index (χ0v) is 10.00. The first kappa shape index (κ1) is 10.9. The van der Waals surface area contributed by atoms with E-state index < -0.39 is 11.5 Å². The highest BCUT2D eigenvalue weighted by Crippen LogP contribution is 2.19. The number of carbonyl (C=O) groups excluding carboxylic acids is 1. The second kappa shape index (κ2) is 4.09. The first-order valence-electron chi connectivity index (χ1n) is 4.57. The van der Waals surface area contributed by atoms with Crippen LogP contribution in [0.2, 0.25) is 0 Å². The van der Waals surface area contributed by atoms with Gasteiger partial charge in [0.15, 0.2) is 0 Å². The van der Waals surface area contributed by atoms with Crippen molar-refractivity contribution in [2.45, 2.75) is 0 Å². The zero-order chi connectivity index (χ0) is 11.7. The van der Waals surface area contributed by atoms with E-state index in [4.69, 9.17) is 4.42 Å². The smallest absolute Gasteiger partial charge is 0.349 e. The van der Waals surface area contributed by atoms with Crippen molar-refractivity contribution < 1.29 is 9.21 Å². The maximum absolute atomic E-state index is 11.5. The summed E-state index contributed by atoms with van der Waals surface area (Å²) in [4.78, 5) is 22.9. The van der Waals surface area contributed by atoms with Gasteiger partial charge in [-0.15, -0.1) is 0 Å². The van der Waals surface area contributed by atoms with E-state index in [1.54, 1.807) is 18.2 Å². The summed E-state index contributed by atoms with van der Waals surface area (Å²) in [6, 6.07) is 6.74. The number of rotatable bonds is 1. The van der Waals surface area contributed by atoms with E-state index >= 15 is 0 Å². The summed E-state index contributed by atoms with van der Waals surface area (Å²) in [5.41, 5.74) is -0.164. The minimum atomic E-state index is -0.630. The van der Waals surface area contributed by atoms with E-state index in [1.165, 1.54) is 13.1 Å². The highest BCUT2D eigenvalue weighted by Gasteiger charge is 2.11. The van der Waals surface area contributed by atoms with Gasteiger partial charge in [0.25, 0.3) is 5.91 Å². The molecule has 0 radical (unpaired) electrons. The Kier molecular flexibility index (Phi) is 2.78. The molecule has 1 N–H and O–H groups in total. The fraction of sp³-hybridized carbons (Fsp3) is 0.0909. The quantitative estimate of drug-likeness (QED) is 0.813. The first-order chi connectivity index (χ1) is 7.61. The van der Waals surface area contributed by atoms with Gasteiger partial charge in [-0.05, 0) is 24.3 Å². The highest BCUT2D eigenvalue weighted by molar-refractivity contribution is 9.10. The summed E-state index contributed by atoms with van der Waals surface area (Å²) >= 11 is 3.31. The summed E-state index contributed by atoms with van der Waals surface area (Å²) in [5, 5.41) is 3.09. The third-order valence-electron chi connectivity index (χ3n) is 2.17. The molecule has 0 saturated carbocycles. The number of amides is 1. The molecule has 0 aliphatic rings. The number of hydrogen-bond donors (Lipinski definition) is 1. The molecule has 1 amide bonds. The molecule has 2 aromatic rings. The molecule has 0 saturated heterocycles. The Morgan fingerprint density at radius 3 is 2.81 bits per heavy atom. The van der Waals surface area contributed by atoms with Gasteiger partial charge in [-0.1, -0.05) is 15.9 Å². The van der Waals surface area contributed by atoms with Crippen LogP contribution in [0.1, 0.15) is 10.4 Å². The molecule has 1 aromatic heterocycles. The molecule has 1 aromatic carbocycles. The van der Waals surface area contributed by atoms with Crippen LogP contribution in [0.15, 0.2) is 37.9 Å². The largest absolute Gasteiger partial charge is 0.422 e. The Bertz CT molecular complexity index is 618. The number of hydrogen-bond acceptors (Lipinski definition) is 3. The summed E-state index contributed by atoms with van der Waals surface area (Å²) in [7, 11) is 1.47. The van der Waals surface area contributed by atoms with Crippen LogP contribution in [0.25, 0.3) is 11.0 Å². The monoisotopic (exact) mass is 281 g/mol. The number of carbonyl (C=O) groups is 1. The van der Waals surface area contributed by atoms with Crippen molar-refractivity contribution in [2.75, 3.05) is 7.05 Å². The standard InChI is InChI=1S/C11H8BrNO3/c1-13-10(14)8-5-6-4-7(12)2-3-9(6)16-11(8)15/h2-5H,1H3,(H,13,14). The van der Waals surface area contributed by atoms with Crippen LogP contribution in [-0.2, 0) is 0 Å². The Balaban J connectivity index is 2.74. The van der Waals surface area contributed by atoms with Crippen molar-refractivity contribution in [2.24, 2.45) is 0 Å². The Morgan fingerprint density at radius 2 is 2.12 bits per heavy atom. The van der Waals surface area contributed by atoms with Crippen LogP contribution in [-0.4, -0.2) is 13.0 Å². The van der Waals surface area contributed by atoms with E-state index in [2.05, 4.69) is 21.2 Å². The summed E-state index contributed by atoms with van der Waals surface area (Å²) in [6.07, 6.45) is 0. The van der Waals surface area contributed by atoms with E-state index in [1.807, 2.05) is 0 Å². The van der Waals surface area contributed by atoms with E-state index in [9.17, 15) is 9.59 Å². The van der Waals surface area contributed by atoms with Crippen molar-refractivity contribution in [1.82, 2.24) is 5.32 Å². The average Bonchev–Trinajstić information content (AvgIpc) is 2.28. The van der Waals surface area contributed by atoms with Crippen LogP contribution in [0, 0.1) is 0 Å². The van der Waals surface area contributed by atoms with Gasteiger partial charge in [-0.3, -0.25) is 4.79 Å². The normalized spacial score (nSPS) is 10.4. The van der Waals surface area contributed by atoms with Gasteiger partial charge in [0.1, 0.15) is 11.1 Å². The SMILES string of the molecule is CNC(=O)c1cc2cc(Br)ccc2oc1=O. The number of halogens is 1. The predicted octanol–water partition coefficient (Wildman–Crippen LogP) is 1.92. The minimum Gasteiger partial charge on any atom is -0.422 e. The van der Waals surface area contributed by atoms with Crippen LogP contribution in [0.3, 0.4) is 0 Å². The Morgan fingerprint density at radius 1 is 1.38 bits per heavy atom. The van der Waals surface area contributed by atoms with Crippen LogP contribution in [0.5, 0.6) is 0 Å². The van der Waals surface area contributed by atoms with Gasteiger partial charge in [0, 0.05) is 16.9 Å². The molecule has 0 spiro atoms. The van der Waals surface area contributed by atoms with Crippen LogP contribution >= 0.6 is 15.9 Å². The first-order valence-corrected chi connectivity index (χ1v) is 5.36. The highest BCUT2D eigenvalue weighted by atomic mass is 79.9. The van der Waals surface area contributed by atoms with E-state index in [0.717, 1.165) is 4.47 Å². The second-order valence-electron chi connectivity index (χ2n) is 3.21. The lowest BCUT2D eigenvalue weighted by Crippen LogP contribution is -2.24. The molecule has 0 fully saturated rings. The summed E-state index contributed by atoms with van der Waals surface area (Å²) in [6.45, 7) is 0. The number of benzene rings is 1.